The van der Waals surface area contributed by atoms with E-state index < -0.39 is 0 Å². The van der Waals surface area contributed by atoms with Crippen LogP contribution in [-0.2, 0) is 6.54 Å². The van der Waals surface area contributed by atoms with E-state index in [1.165, 1.54) is 0 Å². The van der Waals surface area contributed by atoms with E-state index in [1.807, 2.05) is 23.9 Å². The predicted octanol–water partition coefficient (Wildman–Crippen LogP) is 2.56. The van der Waals surface area contributed by atoms with Crippen molar-refractivity contribution in [1.29, 1.82) is 0 Å². The third kappa shape index (κ3) is 3.44. The lowest BCUT2D eigenvalue weighted by Gasteiger charge is -2.20. The van der Waals surface area contributed by atoms with Crippen LogP contribution in [0.3, 0.4) is 0 Å². The fourth-order valence-corrected chi connectivity index (χ4v) is 2.31. The average Bonchev–Trinajstić information content (AvgIpc) is 2.35. The Morgan fingerprint density at radius 2 is 2.18 bits per heavy atom. The molecular formula is C12H16ClNO2S. The smallest absolute Gasteiger partial charge is 0.179 e. The molecule has 3 nitrogen and oxygen atoms in total. The van der Waals surface area contributed by atoms with Gasteiger partial charge >= 0.3 is 0 Å². The van der Waals surface area contributed by atoms with E-state index in [9.17, 15) is 0 Å². The summed E-state index contributed by atoms with van der Waals surface area (Å²) in [5, 5.41) is 3.99. The first-order valence-electron chi connectivity index (χ1n) is 5.59. The first-order chi connectivity index (χ1) is 8.31. The molecule has 0 aromatic heterocycles. The monoisotopic (exact) mass is 273 g/mol. The van der Waals surface area contributed by atoms with Crippen molar-refractivity contribution in [2.24, 2.45) is 0 Å². The summed E-state index contributed by atoms with van der Waals surface area (Å²) in [6, 6.07) is 3.92. The summed E-state index contributed by atoms with van der Waals surface area (Å²) in [7, 11) is 0. The lowest BCUT2D eigenvalue weighted by molar-refractivity contribution is 0.171. The van der Waals surface area contributed by atoms with Crippen LogP contribution in [0.15, 0.2) is 12.1 Å². The number of thioether (sulfide) groups is 1. The zero-order valence-corrected chi connectivity index (χ0v) is 11.4. The summed E-state index contributed by atoms with van der Waals surface area (Å²) in [6.45, 7) is 2.95. The molecule has 1 aromatic rings. The molecule has 0 saturated heterocycles. The van der Waals surface area contributed by atoms with Crippen molar-refractivity contribution in [2.75, 3.05) is 31.8 Å². The van der Waals surface area contributed by atoms with Crippen molar-refractivity contribution in [3.05, 3.63) is 22.7 Å². The summed E-state index contributed by atoms with van der Waals surface area (Å²) < 4.78 is 11.0. The topological polar surface area (TPSA) is 30.5 Å². The van der Waals surface area contributed by atoms with Gasteiger partial charge in [0.1, 0.15) is 13.2 Å². The highest BCUT2D eigenvalue weighted by Crippen LogP contribution is 2.38. The van der Waals surface area contributed by atoms with Crippen LogP contribution < -0.4 is 14.8 Å². The number of halogens is 1. The van der Waals surface area contributed by atoms with E-state index >= 15 is 0 Å². The van der Waals surface area contributed by atoms with Gasteiger partial charge in [0, 0.05) is 18.8 Å². The Kier molecular flexibility index (Phi) is 4.83. The van der Waals surface area contributed by atoms with Gasteiger partial charge in [0.2, 0.25) is 0 Å². The molecule has 17 heavy (non-hydrogen) atoms. The molecule has 0 radical (unpaired) electrons. The summed E-state index contributed by atoms with van der Waals surface area (Å²) in [6.07, 6.45) is 2.10. The number of hydrogen-bond acceptors (Lipinski definition) is 4. The summed E-state index contributed by atoms with van der Waals surface area (Å²) >= 11 is 7.98. The maximum Gasteiger partial charge on any atom is 0.179 e. The second-order valence-corrected chi connectivity index (χ2v) is 5.16. The van der Waals surface area contributed by atoms with E-state index in [0.717, 1.165) is 30.2 Å². The van der Waals surface area contributed by atoms with Gasteiger partial charge in [-0.05, 0) is 24.0 Å². The molecule has 0 atom stereocenters. The number of rotatable bonds is 5. The standard InChI is InChI=1S/C12H16ClNO2S/c1-17-5-2-14-8-9-6-10(13)12-11(7-9)15-3-4-16-12/h6-7,14H,2-5,8H2,1H3. The highest BCUT2D eigenvalue weighted by atomic mass is 35.5. The minimum Gasteiger partial charge on any atom is -0.486 e. The van der Waals surface area contributed by atoms with E-state index in [1.54, 1.807) is 0 Å². The van der Waals surface area contributed by atoms with Gasteiger partial charge in [-0.15, -0.1) is 0 Å². The van der Waals surface area contributed by atoms with E-state index in [0.29, 0.717) is 24.0 Å². The van der Waals surface area contributed by atoms with Crippen molar-refractivity contribution >= 4 is 23.4 Å². The second-order valence-electron chi connectivity index (χ2n) is 3.77. The van der Waals surface area contributed by atoms with Crippen LogP contribution in [0.25, 0.3) is 0 Å². The zero-order chi connectivity index (χ0) is 12.1. The molecule has 1 aliphatic heterocycles. The average molecular weight is 274 g/mol. The maximum atomic E-state index is 6.15. The van der Waals surface area contributed by atoms with Crippen LogP contribution in [-0.4, -0.2) is 31.8 Å². The van der Waals surface area contributed by atoms with Crippen molar-refractivity contribution in [3.63, 3.8) is 0 Å². The first kappa shape index (κ1) is 12.9. The predicted molar refractivity (Wildman–Crippen MR) is 72.5 cm³/mol. The minimum atomic E-state index is 0.567. The first-order valence-corrected chi connectivity index (χ1v) is 7.36. The lowest BCUT2D eigenvalue weighted by atomic mass is 10.2. The van der Waals surface area contributed by atoms with E-state index in [2.05, 4.69) is 11.6 Å². The van der Waals surface area contributed by atoms with Crippen LogP contribution in [0.4, 0.5) is 0 Å². The molecule has 5 heteroatoms. The molecule has 0 bridgehead atoms. The Hall–Kier alpha value is -0.580. The zero-order valence-electron chi connectivity index (χ0n) is 9.79. The van der Waals surface area contributed by atoms with E-state index in [-0.39, 0.29) is 0 Å². The molecule has 1 N–H and O–H groups in total. The van der Waals surface area contributed by atoms with Gasteiger partial charge < -0.3 is 14.8 Å². The van der Waals surface area contributed by atoms with Crippen molar-refractivity contribution < 1.29 is 9.47 Å². The van der Waals surface area contributed by atoms with Gasteiger partial charge in [-0.1, -0.05) is 11.6 Å². The number of nitrogens with one attached hydrogen (secondary N) is 1. The molecule has 94 valence electrons. The van der Waals surface area contributed by atoms with Gasteiger partial charge in [0.25, 0.3) is 0 Å². The van der Waals surface area contributed by atoms with Crippen LogP contribution in [0.5, 0.6) is 11.5 Å². The van der Waals surface area contributed by atoms with Gasteiger partial charge in [-0.25, -0.2) is 0 Å². The van der Waals surface area contributed by atoms with Crippen LogP contribution in [0, 0.1) is 0 Å². The molecule has 1 aromatic carbocycles. The van der Waals surface area contributed by atoms with Gasteiger partial charge in [-0.2, -0.15) is 11.8 Å². The third-order valence-electron chi connectivity index (χ3n) is 2.47. The fourth-order valence-electron chi connectivity index (χ4n) is 1.67. The van der Waals surface area contributed by atoms with Crippen LogP contribution in [0.1, 0.15) is 5.56 Å². The number of benzene rings is 1. The summed E-state index contributed by atoms with van der Waals surface area (Å²) in [5.41, 5.74) is 1.13. The molecule has 2 rings (SSSR count). The normalized spacial score (nSPS) is 13.8. The highest BCUT2D eigenvalue weighted by molar-refractivity contribution is 7.98. The number of fused-ring (bicyclic) bond motifs is 1. The fraction of sp³-hybridized carbons (Fsp3) is 0.500. The lowest BCUT2D eigenvalue weighted by Crippen LogP contribution is -2.18. The third-order valence-corrected chi connectivity index (χ3v) is 3.36. The SMILES string of the molecule is CSCCNCc1cc(Cl)c2c(c1)OCCO2. The Balaban J connectivity index is 2.01. The van der Waals surface area contributed by atoms with Crippen LogP contribution in [0.2, 0.25) is 5.02 Å². The highest BCUT2D eigenvalue weighted by Gasteiger charge is 2.16. The Morgan fingerprint density at radius 3 is 3.00 bits per heavy atom. The van der Waals surface area contributed by atoms with Crippen molar-refractivity contribution in [2.45, 2.75) is 6.54 Å². The molecule has 0 saturated carbocycles. The molecule has 0 amide bonds. The van der Waals surface area contributed by atoms with Gasteiger partial charge in [-0.3, -0.25) is 0 Å². The second kappa shape index (κ2) is 6.38. The summed E-state index contributed by atoms with van der Waals surface area (Å²) in [5.74, 6) is 2.54. The maximum absolute atomic E-state index is 6.15. The molecule has 0 aliphatic carbocycles. The summed E-state index contributed by atoms with van der Waals surface area (Å²) in [4.78, 5) is 0. The molecular weight excluding hydrogens is 258 g/mol. The van der Waals surface area contributed by atoms with Gasteiger partial charge in [0.15, 0.2) is 11.5 Å². The molecule has 1 aliphatic rings. The molecule has 1 heterocycles. The minimum absolute atomic E-state index is 0.567. The quantitative estimate of drug-likeness (QED) is 0.836. The Labute approximate surface area is 111 Å². The Morgan fingerprint density at radius 1 is 1.35 bits per heavy atom. The number of hydrogen-bond donors (Lipinski definition) is 1. The van der Waals surface area contributed by atoms with Gasteiger partial charge in [0.05, 0.1) is 5.02 Å². The van der Waals surface area contributed by atoms with Crippen molar-refractivity contribution in [1.82, 2.24) is 5.32 Å². The molecule has 0 spiro atoms. The largest absolute Gasteiger partial charge is 0.486 e. The number of ether oxygens (including phenoxy) is 2. The van der Waals surface area contributed by atoms with E-state index in [4.69, 9.17) is 21.1 Å². The molecule has 0 unspecified atom stereocenters. The Bertz CT molecular complexity index is 387. The molecule has 0 fully saturated rings. The van der Waals surface area contributed by atoms with Crippen LogP contribution >= 0.6 is 23.4 Å². The van der Waals surface area contributed by atoms with Crippen molar-refractivity contribution in [3.8, 4) is 11.5 Å².